The summed E-state index contributed by atoms with van der Waals surface area (Å²) in [5.74, 6) is 0.0361. The molecule has 0 saturated carbocycles. The summed E-state index contributed by atoms with van der Waals surface area (Å²) in [6.45, 7) is 1.33. The van der Waals surface area contributed by atoms with Crippen LogP contribution in [0.5, 0.6) is 5.75 Å². The predicted molar refractivity (Wildman–Crippen MR) is 125 cm³/mol. The highest BCUT2D eigenvalue weighted by molar-refractivity contribution is 5.90. The van der Waals surface area contributed by atoms with E-state index in [1.54, 1.807) is 24.0 Å². The molecule has 2 aromatic carbocycles. The number of ether oxygens (including phenoxy) is 1. The van der Waals surface area contributed by atoms with Crippen molar-refractivity contribution in [2.75, 3.05) is 33.8 Å². The lowest BCUT2D eigenvalue weighted by Crippen LogP contribution is -2.54. The van der Waals surface area contributed by atoms with E-state index in [-0.39, 0.29) is 30.1 Å². The lowest BCUT2D eigenvalue weighted by molar-refractivity contribution is -0.143. The quantitative estimate of drug-likeness (QED) is 0.733. The molecule has 33 heavy (non-hydrogen) atoms. The van der Waals surface area contributed by atoms with Gasteiger partial charge in [0.15, 0.2) is 0 Å². The van der Waals surface area contributed by atoms with Crippen molar-refractivity contribution in [3.05, 3.63) is 54.1 Å². The number of hydrogen-bond acceptors (Lipinski definition) is 4. The maximum atomic E-state index is 13.1. The molecule has 0 aliphatic carbocycles. The summed E-state index contributed by atoms with van der Waals surface area (Å²) in [6.07, 6.45) is 2.09. The molecule has 2 fully saturated rings. The zero-order chi connectivity index (χ0) is 23.6. The van der Waals surface area contributed by atoms with E-state index in [0.29, 0.717) is 32.5 Å². The van der Waals surface area contributed by atoms with E-state index in [2.05, 4.69) is 0 Å². The number of nitrogens with zero attached hydrogens (tertiary/aromatic N) is 2. The third kappa shape index (κ3) is 4.72. The Balaban J connectivity index is 1.49. The molecule has 2 aliphatic rings. The number of piperidine rings is 1. The highest BCUT2D eigenvalue weighted by Gasteiger charge is 2.44. The van der Waals surface area contributed by atoms with Gasteiger partial charge in [-0.3, -0.25) is 14.4 Å². The summed E-state index contributed by atoms with van der Waals surface area (Å²) in [4.78, 5) is 40.9. The van der Waals surface area contributed by atoms with Gasteiger partial charge in [-0.1, -0.05) is 36.4 Å². The first-order valence-electron chi connectivity index (χ1n) is 11.4. The van der Waals surface area contributed by atoms with Crippen LogP contribution in [-0.4, -0.2) is 61.3 Å². The Hall–Kier alpha value is -3.35. The fourth-order valence-electron chi connectivity index (χ4n) is 5.03. The van der Waals surface area contributed by atoms with E-state index in [1.165, 1.54) is 0 Å². The largest absolute Gasteiger partial charge is 0.497 e. The summed E-state index contributed by atoms with van der Waals surface area (Å²) in [6, 6.07) is 16.0. The molecule has 0 unspecified atom stereocenters. The van der Waals surface area contributed by atoms with Crippen molar-refractivity contribution in [3.63, 3.8) is 0 Å². The lowest BCUT2D eigenvalue weighted by Gasteiger charge is -2.41. The van der Waals surface area contributed by atoms with Crippen LogP contribution in [0.1, 0.15) is 24.8 Å². The fraction of sp³-hybridized carbons (Fsp3) is 0.423. The van der Waals surface area contributed by atoms with Crippen LogP contribution >= 0.6 is 0 Å². The van der Waals surface area contributed by atoms with Gasteiger partial charge in [0, 0.05) is 33.1 Å². The lowest BCUT2D eigenvalue weighted by atomic mass is 9.74. The monoisotopic (exact) mass is 449 g/mol. The van der Waals surface area contributed by atoms with Crippen LogP contribution in [-0.2, 0) is 20.8 Å². The van der Waals surface area contributed by atoms with Gasteiger partial charge in [0.2, 0.25) is 17.7 Å². The molecule has 2 atom stereocenters. The van der Waals surface area contributed by atoms with Crippen molar-refractivity contribution in [1.29, 1.82) is 0 Å². The zero-order valence-electron chi connectivity index (χ0n) is 19.3. The Morgan fingerprint density at radius 3 is 2.27 bits per heavy atom. The third-order valence-electron chi connectivity index (χ3n) is 7.02. The summed E-state index contributed by atoms with van der Waals surface area (Å²) in [5.41, 5.74) is 8.27. The average molecular weight is 450 g/mol. The van der Waals surface area contributed by atoms with E-state index in [1.807, 2.05) is 48.5 Å². The topological polar surface area (TPSA) is 92.9 Å². The van der Waals surface area contributed by atoms with E-state index in [0.717, 1.165) is 28.9 Å². The SMILES string of the molecule is COc1ccc(-c2ccc(C[C@]3(C(N)=O)CCCN(C(=O)[C@@H]4CC(=O)N(C)C4)C3)cc2)cc1. The molecule has 7 heteroatoms. The van der Waals surface area contributed by atoms with E-state index in [4.69, 9.17) is 10.5 Å². The molecule has 4 rings (SSSR count). The van der Waals surface area contributed by atoms with Crippen molar-refractivity contribution < 1.29 is 19.1 Å². The molecule has 0 spiro atoms. The molecule has 0 radical (unpaired) electrons. The molecule has 3 amide bonds. The molecule has 7 nitrogen and oxygen atoms in total. The van der Waals surface area contributed by atoms with Gasteiger partial charge in [0.05, 0.1) is 18.4 Å². The van der Waals surface area contributed by atoms with Crippen LogP contribution in [0.4, 0.5) is 0 Å². The van der Waals surface area contributed by atoms with Gasteiger partial charge in [-0.25, -0.2) is 0 Å². The number of primary amides is 1. The molecular weight excluding hydrogens is 418 g/mol. The minimum atomic E-state index is -0.802. The number of rotatable bonds is 6. The maximum Gasteiger partial charge on any atom is 0.228 e. The number of hydrogen-bond donors (Lipinski definition) is 1. The van der Waals surface area contributed by atoms with Gasteiger partial charge in [-0.15, -0.1) is 0 Å². The van der Waals surface area contributed by atoms with Gasteiger partial charge in [0.1, 0.15) is 5.75 Å². The maximum absolute atomic E-state index is 13.1. The highest BCUT2D eigenvalue weighted by atomic mass is 16.5. The number of amides is 3. The number of nitrogens with two attached hydrogens (primary N) is 1. The fourth-order valence-corrected chi connectivity index (χ4v) is 5.03. The van der Waals surface area contributed by atoms with Gasteiger partial charge in [0.25, 0.3) is 0 Å². The summed E-state index contributed by atoms with van der Waals surface area (Å²) in [7, 11) is 3.36. The first-order chi connectivity index (χ1) is 15.8. The minimum absolute atomic E-state index is 0.0107. The van der Waals surface area contributed by atoms with Crippen LogP contribution in [0.2, 0.25) is 0 Å². The Morgan fingerprint density at radius 1 is 1.09 bits per heavy atom. The zero-order valence-corrected chi connectivity index (χ0v) is 19.3. The first-order valence-corrected chi connectivity index (χ1v) is 11.4. The van der Waals surface area contributed by atoms with Crippen molar-refractivity contribution in [3.8, 4) is 16.9 Å². The first kappa shape index (κ1) is 22.8. The van der Waals surface area contributed by atoms with Crippen molar-refractivity contribution in [1.82, 2.24) is 9.80 Å². The minimum Gasteiger partial charge on any atom is -0.497 e. The second kappa shape index (κ2) is 9.25. The Morgan fingerprint density at radius 2 is 1.73 bits per heavy atom. The molecule has 0 aromatic heterocycles. The van der Waals surface area contributed by atoms with E-state index >= 15 is 0 Å². The Labute approximate surface area is 194 Å². The van der Waals surface area contributed by atoms with Gasteiger partial charge in [-0.05, 0) is 48.1 Å². The molecule has 2 aliphatic heterocycles. The van der Waals surface area contributed by atoms with Crippen molar-refractivity contribution in [2.24, 2.45) is 17.1 Å². The number of carbonyl (C=O) groups is 3. The molecule has 2 heterocycles. The smallest absolute Gasteiger partial charge is 0.228 e. The highest BCUT2D eigenvalue weighted by Crippen LogP contribution is 2.35. The Kier molecular flexibility index (Phi) is 6.40. The van der Waals surface area contributed by atoms with Crippen LogP contribution in [0, 0.1) is 11.3 Å². The summed E-state index contributed by atoms with van der Waals surface area (Å²) in [5, 5.41) is 0. The van der Waals surface area contributed by atoms with Gasteiger partial charge in [-0.2, -0.15) is 0 Å². The molecule has 174 valence electrons. The molecule has 0 bridgehead atoms. The number of benzene rings is 2. The number of carbonyl (C=O) groups excluding carboxylic acids is 3. The predicted octanol–water partition coefficient (Wildman–Crippen LogP) is 2.48. The summed E-state index contributed by atoms with van der Waals surface area (Å²) < 4.78 is 5.22. The van der Waals surface area contributed by atoms with E-state index in [9.17, 15) is 14.4 Å². The van der Waals surface area contributed by atoms with Gasteiger partial charge >= 0.3 is 0 Å². The van der Waals surface area contributed by atoms with Crippen molar-refractivity contribution >= 4 is 17.7 Å². The second-order valence-electron chi connectivity index (χ2n) is 9.29. The normalized spacial score (nSPS) is 23.0. The standard InChI is InChI=1S/C26H31N3O4/c1-28-16-21(14-23(28)30)24(31)29-13-3-12-26(17-29,25(27)32)15-18-4-6-19(7-5-18)20-8-10-22(33-2)11-9-20/h4-11,21H,3,12-17H2,1-2H3,(H2,27,32)/t21-,26-/m1/s1. The van der Waals surface area contributed by atoms with E-state index < -0.39 is 5.41 Å². The second-order valence-corrected chi connectivity index (χ2v) is 9.29. The van der Waals surface area contributed by atoms with Crippen LogP contribution in [0.3, 0.4) is 0 Å². The van der Waals surface area contributed by atoms with Crippen LogP contribution in [0.25, 0.3) is 11.1 Å². The van der Waals surface area contributed by atoms with Crippen LogP contribution in [0.15, 0.2) is 48.5 Å². The molecule has 2 N–H and O–H groups in total. The third-order valence-corrected chi connectivity index (χ3v) is 7.02. The number of methoxy groups -OCH3 is 1. The number of likely N-dealkylation sites (tertiary alicyclic amines) is 2. The van der Waals surface area contributed by atoms with Crippen LogP contribution < -0.4 is 10.5 Å². The molecule has 2 saturated heterocycles. The van der Waals surface area contributed by atoms with Crippen molar-refractivity contribution in [2.45, 2.75) is 25.7 Å². The molecule has 2 aromatic rings. The summed E-state index contributed by atoms with van der Waals surface area (Å²) >= 11 is 0. The molecular formula is C26H31N3O4. The average Bonchev–Trinajstić information content (AvgIpc) is 3.17. The Bertz CT molecular complexity index is 1030. The van der Waals surface area contributed by atoms with Gasteiger partial charge < -0.3 is 20.3 Å².